The summed E-state index contributed by atoms with van der Waals surface area (Å²) in [5.74, 6) is 1.50. The number of hydrogen-bond donors (Lipinski definition) is 0. The molecule has 25 heavy (non-hydrogen) atoms. The average Bonchev–Trinajstić information content (AvgIpc) is 2.67. The molecule has 3 rings (SSSR count). The van der Waals surface area contributed by atoms with E-state index >= 15 is 0 Å². The van der Waals surface area contributed by atoms with Crippen molar-refractivity contribution < 1.29 is 14.4 Å². The van der Waals surface area contributed by atoms with Crippen LogP contribution >= 0.6 is 0 Å². The highest BCUT2D eigenvalue weighted by Crippen LogP contribution is 2.36. The summed E-state index contributed by atoms with van der Waals surface area (Å²) in [6.45, 7) is 0. The Labute approximate surface area is 145 Å². The van der Waals surface area contributed by atoms with Crippen molar-refractivity contribution in [3.05, 3.63) is 76.8 Å². The number of ether oxygens (including phenoxy) is 2. The molecule has 3 aromatic rings. The number of methoxy groups -OCH3 is 2. The maximum absolute atomic E-state index is 11.2. The molecule has 5 nitrogen and oxygen atoms in total. The summed E-state index contributed by atoms with van der Waals surface area (Å²) < 4.78 is 10.4. The predicted octanol–water partition coefficient (Wildman–Crippen LogP) is 4.95. The lowest BCUT2D eigenvalue weighted by Crippen LogP contribution is -1.92. The first-order valence-electron chi connectivity index (χ1n) is 7.69. The van der Waals surface area contributed by atoms with Crippen LogP contribution < -0.4 is 9.47 Å². The second kappa shape index (κ2) is 7.05. The van der Waals surface area contributed by atoms with Gasteiger partial charge in [-0.3, -0.25) is 10.1 Å². The smallest absolute Gasteiger partial charge is 0.270 e. The third-order valence-electron chi connectivity index (χ3n) is 4.02. The van der Waals surface area contributed by atoms with Gasteiger partial charge in [0.25, 0.3) is 5.69 Å². The molecule has 0 unspecified atom stereocenters. The normalized spacial score (nSPS) is 10.3. The highest BCUT2D eigenvalue weighted by atomic mass is 16.6. The Morgan fingerprint density at radius 1 is 0.720 bits per heavy atom. The lowest BCUT2D eigenvalue weighted by Gasteiger charge is -2.11. The molecule has 5 heteroatoms. The number of nitro benzene ring substituents is 1. The maximum atomic E-state index is 11.2. The number of non-ortho nitro benzene ring substituents is 1. The van der Waals surface area contributed by atoms with Crippen molar-refractivity contribution in [2.45, 2.75) is 0 Å². The summed E-state index contributed by atoms with van der Waals surface area (Å²) in [5.41, 5.74) is 3.61. The van der Waals surface area contributed by atoms with Crippen molar-refractivity contribution in [2.24, 2.45) is 0 Å². The second-order valence-electron chi connectivity index (χ2n) is 5.44. The molecule has 0 aromatic heterocycles. The van der Waals surface area contributed by atoms with Crippen molar-refractivity contribution in [2.75, 3.05) is 14.2 Å². The first kappa shape index (κ1) is 16.5. The van der Waals surface area contributed by atoms with E-state index in [1.54, 1.807) is 26.4 Å². The Morgan fingerprint density at radius 2 is 1.20 bits per heavy atom. The van der Waals surface area contributed by atoms with E-state index in [1.807, 2.05) is 48.5 Å². The number of nitrogens with zero attached hydrogens (tertiary/aromatic N) is 1. The molecule has 126 valence electrons. The molecule has 0 bridgehead atoms. The van der Waals surface area contributed by atoms with E-state index in [1.165, 1.54) is 6.07 Å². The van der Waals surface area contributed by atoms with E-state index in [4.69, 9.17) is 9.47 Å². The Hall–Kier alpha value is -3.34. The van der Waals surface area contributed by atoms with Gasteiger partial charge in [-0.15, -0.1) is 0 Å². The minimum absolute atomic E-state index is 0.0584. The maximum Gasteiger partial charge on any atom is 0.270 e. The largest absolute Gasteiger partial charge is 0.497 e. The van der Waals surface area contributed by atoms with Gasteiger partial charge in [-0.2, -0.15) is 0 Å². The molecule has 3 aromatic carbocycles. The zero-order chi connectivity index (χ0) is 17.8. The number of nitro groups is 1. The van der Waals surface area contributed by atoms with Gasteiger partial charge in [0.2, 0.25) is 0 Å². The van der Waals surface area contributed by atoms with Crippen LogP contribution in [0, 0.1) is 10.1 Å². The van der Waals surface area contributed by atoms with Crippen LogP contribution in [-0.2, 0) is 0 Å². The Balaban J connectivity index is 2.14. The molecule has 0 radical (unpaired) electrons. The summed E-state index contributed by atoms with van der Waals surface area (Å²) in [4.78, 5) is 10.8. The zero-order valence-corrected chi connectivity index (χ0v) is 13.9. The van der Waals surface area contributed by atoms with E-state index in [0.29, 0.717) is 0 Å². The Morgan fingerprint density at radius 3 is 1.64 bits per heavy atom. The molecule has 0 amide bonds. The monoisotopic (exact) mass is 335 g/mol. The minimum Gasteiger partial charge on any atom is -0.497 e. The molecule has 0 N–H and O–H groups in total. The van der Waals surface area contributed by atoms with Gasteiger partial charge in [-0.1, -0.05) is 24.3 Å². The molecule has 0 fully saturated rings. The van der Waals surface area contributed by atoms with Crippen LogP contribution in [0.5, 0.6) is 11.5 Å². The number of benzene rings is 3. The molecular weight excluding hydrogens is 318 g/mol. The fraction of sp³-hybridized carbons (Fsp3) is 0.100. The van der Waals surface area contributed by atoms with Crippen LogP contribution in [0.25, 0.3) is 22.3 Å². The Bertz CT molecular complexity index is 887. The Kier molecular flexibility index (Phi) is 4.66. The van der Waals surface area contributed by atoms with Gasteiger partial charge in [0.15, 0.2) is 0 Å². The van der Waals surface area contributed by atoms with Crippen LogP contribution in [0.2, 0.25) is 0 Å². The standard InChI is InChI=1S/C20H17NO4/c1-24-17-8-3-14(4-9-17)19-12-7-16(21(22)23)13-20(19)15-5-10-18(25-2)11-6-15/h3-13H,1-2H3. The molecule has 0 heterocycles. The minimum atomic E-state index is -0.384. The SMILES string of the molecule is COc1ccc(-c2ccc([N+](=O)[O-])cc2-c2ccc(OC)cc2)cc1. The van der Waals surface area contributed by atoms with E-state index in [0.717, 1.165) is 33.8 Å². The van der Waals surface area contributed by atoms with Crippen molar-refractivity contribution in [1.82, 2.24) is 0 Å². The number of hydrogen-bond acceptors (Lipinski definition) is 4. The summed E-state index contributed by atoms with van der Waals surface area (Å²) in [5, 5.41) is 11.2. The quantitative estimate of drug-likeness (QED) is 0.489. The van der Waals surface area contributed by atoms with Crippen molar-refractivity contribution in [1.29, 1.82) is 0 Å². The van der Waals surface area contributed by atoms with Gasteiger partial charge in [0.05, 0.1) is 19.1 Å². The van der Waals surface area contributed by atoms with Crippen LogP contribution in [-0.4, -0.2) is 19.1 Å². The van der Waals surface area contributed by atoms with Crippen molar-refractivity contribution >= 4 is 5.69 Å². The van der Waals surface area contributed by atoms with E-state index in [2.05, 4.69) is 0 Å². The molecule has 0 spiro atoms. The first-order valence-corrected chi connectivity index (χ1v) is 7.69. The second-order valence-corrected chi connectivity index (χ2v) is 5.44. The summed E-state index contributed by atoms with van der Waals surface area (Å²) in [7, 11) is 3.22. The topological polar surface area (TPSA) is 61.6 Å². The lowest BCUT2D eigenvalue weighted by atomic mass is 9.94. The molecule has 0 saturated heterocycles. The van der Waals surface area contributed by atoms with Crippen LogP contribution in [0.1, 0.15) is 0 Å². The van der Waals surface area contributed by atoms with Crippen molar-refractivity contribution in [3.63, 3.8) is 0 Å². The van der Waals surface area contributed by atoms with Gasteiger partial charge in [0.1, 0.15) is 11.5 Å². The van der Waals surface area contributed by atoms with Gasteiger partial charge in [-0.25, -0.2) is 0 Å². The summed E-state index contributed by atoms with van der Waals surface area (Å²) in [6, 6.07) is 20.0. The third kappa shape index (κ3) is 3.45. The van der Waals surface area contributed by atoms with Crippen LogP contribution in [0.15, 0.2) is 66.7 Å². The molecule has 0 aliphatic carbocycles. The van der Waals surface area contributed by atoms with Gasteiger partial charge in [0, 0.05) is 12.1 Å². The molecule has 0 aliphatic heterocycles. The lowest BCUT2D eigenvalue weighted by molar-refractivity contribution is -0.384. The highest BCUT2D eigenvalue weighted by molar-refractivity contribution is 5.85. The van der Waals surface area contributed by atoms with E-state index in [9.17, 15) is 10.1 Å². The van der Waals surface area contributed by atoms with Crippen molar-refractivity contribution in [3.8, 4) is 33.8 Å². The zero-order valence-electron chi connectivity index (χ0n) is 13.9. The fourth-order valence-electron chi connectivity index (χ4n) is 2.68. The number of rotatable bonds is 5. The van der Waals surface area contributed by atoms with E-state index < -0.39 is 0 Å². The predicted molar refractivity (Wildman–Crippen MR) is 97.1 cm³/mol. The average molecular weight is 335 g/mol. The highest BCUT2D eigenvalue weighted by Gasteiger charge is 2.14. The van der Waals surface area contributed by atoms with Crippen LogP contribution in [0.3, 0.4) is 0 Å². The van der Waals surface area contributed by atoms with Gasteiger partial charge in [-0.05, 0) is 52.6 Å². The van der Waals surface area contributed by atoms with Gasteiger partial charge >= 0.3 is 0 Å². The third-order valence-corrected chi connectivity index (χ3v) is 4.02. The first-order chi connectivity index (χ1) is 12.1. The van der Waals surface area contributed by atoms with Gasteiger partial charge < -0.3 is 9.47 Å². The molecule has 0 atom stereocenters. The summed E-state index contributed by atoms with van der Waals surface area (Å²) in [6.07, 6.45) is 0. The molecule has 0 aliphatic rings. The van der Waals surface area contributed by atoms with Crippen LogP contribution in [0.4, 0.5) is 5.69 Å². The van der Waals surface area contributed by atoms with E-state index in [-0.39, 0.29) is 10.6 Å². The fourth-order valence-corrected chi connectivity index (χ4v) is 2.68. The summed E-state index contributed by atoms with van der Waals surface area (Å²) >= 11 is 0. The molecular formula is C20H17NO4. The molecule has 0 saturated carbocycles.